The van der Waals surface area contributed by atoms with Gasteiger partial charge in [-0.3, -0.25) is 0 Å². The van der Waals surface area contributed by atoms with Gasteiger partial charge in [0.15, 0.2) is 0 Å². The van der Waals surface area contributed by atoms with E-state index in [4.69, 9.17) is 0 Å². The summed E-state index contributed by atoms with van der Waals surface area (Å²) in [5.41, 5.74) is 2.55. The van der Waals surface area contributed by atoms with Gasteiger partial charge in [0.25, 0.3) is 0 Å². The molecule has 0 unspecified atom stereocenters. The molecule has 1 aliphatic rings. The molecular formula is C10H15GaN2. The Morgan fingerprint density at radius 3 is 2.46 bits per heavy atom. The predicted octanol–water partition coefficient (Wildman–Crippen LogP) is 1.48. The fourth-order valence-electron chi connectivity index (χ4n) is 1.29. The Balaban J connectivity index is 0.000000396. The van der Waals surface area contributed by atoms with E-state index in [1.54, 1.807) is 18.6 Å². The average molecular weight is 233 g/mol. The number of nitrogens with zero attached hydrogens (tertiary/aromatic N) is 2. The number of aromatic nitrogens is 2. The third kappa shape index (κ3) is 2.85. The van der Waals surface area contributed by atoms with Crippen LogP contribution in [0.4, 0.5) is 0 Å². The minimum absolute atomic E-state index is 0.806. The topological polar surface area (TPSA) is 25.8 Å². The van der Waals surface area contributed by atoms with Gasteiger partial charge >= 0.3 is 76.1 Å². The van der Waals surface area contributed by atoms with Crippen molar-refractivity contribution in [3.8, 4) is 0 Å². The molecule has 1 fully saturated rings. The molecule has 0 saturated heterocycles. The summed E-state index contributed by atoms with van der Waals surface area (Å²) in [6, 6.07) is 2.19. The molecule has 0 N–H and O–H groups in total. The molecule has 1 saturated carbocycles. The summed E-state index contributed by atoms with van der Waals surface area (Å²) in [5, 5.41) is 8.13. The molecule has 1 heterocycles. The van der Waals surface area contributed by atoms with Crippen molar-refractivity contribution in [2.24, 2.45) is 0 Å². The van der Waals surface area contributed by atoms with Crippen molar-refractivity contribution in [2.45, 2.75) is 39.5 Å². The first-order valence-electron chi connectivity index (χ1n) is 4.87. The van der Waals surface area contributed by atoms with Crippen molar-refractivity contribution >= 4 is 22.8 Å². The van der Waals surface area contributed by atoms with Crippen molar-refractivity contribution in [1.82, 2.24) is 10.2 Å². The normalized spacial score (nSPS) is 14.7. The standard InChI is InChI=1S/C8H9N2.C2H6.Ga/c1-6-8(7-2-3-7)4-5-9-10-6;1-2;/h4,7H,2-3H2,1H3;1-2H3;. The van der Waals surface area contributed by atoms with E-state index in [0.717, 1.165) is 15.9 Å². The predicted molar refractivity (Wildman–Crippen MR) is 55.5 cm³/mol. The van der Waals surface area contributed by atoms with E-state index < -0.39 is 0 Å². The summed E-state index contributed by atoms with van der Waals surface area (Å²) >= 11 is 1.56. The number of aryl methyl sites for hydroxylation is 1. The summed E-state index contributed by atoms with van der Waals surface area (Å²) in [7, 11) is 0. The molecular weight excluding hydrogens is 218 g/mol. The van der Waals surface area contributed by atoms with Crippen molar-refractivity contribution in [3.63, 3.8) is 0 Å². The van der Waals surface area contributed by atoms with Crippen LogP contribution < -0.4 is 4.25 Å². The number of rotatable bonds is 1. The molecule has 0 bridgehead atoms. The van der Waals surface area contributed by atoms with Crippen LogP contribution in [0.2, 0.25) is 0 Å². The fraction of sp³-hybridized carbons (Fsp3) is 0.600. The molecule has 0 amide bonds. The first-order valence-corrected chi connectivity index (χ1v) is 6.08. The van der Waals surface area contributed by atoms with Crippen LogP contribution in [0.3, 0.4) is 0 Å². The van der Waals surface area contributed by atoms with E-state index in [9.17, 15) is 0 Å². The van der Waals surface area contributed by atoms with Crippen LogP contribution in [0.25, 0.3) is 0 Å². The first kappa shape index (κ1) is 10.8. The van der Waals surface area contributed by atoms with Crippen molar-refractivity contribution in [2.75, 3.05) is 0 Å². The van der Waals surface area contributed by atoms with E-state index in [1.807, 2.05) is 20.8 Å². The van der Waals surface area contributed by atoms with Gasteiger partial charge in [0.05, 0.1) is 0 Å². The number of hydrogen-bond donors (Lipinski definition) is 0. The Labute approximate surface area is 90.1 Å². The molecule has 13 heavy (non-hydrogen) atoms. The molecule has 3 heteroatoms. The van der Waals surface area contributed by atoms with E-state index in [2.05, 4.69) is 16.3 Å². The molecule has 68 valence electrons. The van der Waals surface area contributed by atoms with E-state index in [-0.39, 0.29) is 0 Å². The molecule has 2 radical (unpaired) electrons. The van der Waals surface area contributed by atoms with Crippen LogP contribution in [0.1, 0.15) is 43.9 Å². The Hall–Kier alpha value is -0.284. The summed E-state index contributed by atoms with van der Waals surface area (Å²) in [4.78, 5) is 0. The molecule has 0 spiro atoms. The van der Waals surface area contributed by atoms with Crippen LogP contribution in [-0.2, 0) is 0 Å². The van der Waals surface area contributed by atoms with E-state index in [1.165, 1.54) is 18.4 Å². The van der Waals surface area contributed by atoms with Gasteiger partial charge in [-0.1, -0.05) is 13.8 Å². The zero-order valence-corrected chi connectivity index (χ0v) is 11.0. The minimum atomic E-state index is 0.806. The molecule has 2 nitrogen and oxygen atoms in total. The van der Waals surface area contributed by atoms with Gasteiger partial charge in [0.2, 0.25) is 0 Å². The third-order valence-electron chi connectivity index (χ3n) is 2.05. The van der Waals surface area contributed by atoms with Crippen LogP contribution >= 0.6 is 0 Å². The van der Waals surface area contributed by atoms with Gasteiger partial charge in [-0.2, -0.15) is 0 Å². The van der Waals surface area contributed by atoms with Crippen LogP contribution in [0, 0.1) is 6.92 Å². The number of hydrogen-bond acceptors (Lipinski definition) is 2. The second-order valence-electron chi connectivity index (χ2n) is 3.08. The molecule has 2 rings (SSSR count). The molecule has 0 aliphatic heterocycles. The zero-order chi connectivity index (χ0) is 9.84. The van der Waals surface area contributed by atoms with E-state index >= 15 is 0 Å². The van der Waals surface area contributed by atoms with Crippen molar-refractivity contribution in [1.29, 1.82) is 0 Å². The average Bonchev–Trinajstić information content (AvgIpc) is 2.96. The SMILES string of the molecule is CC.Cc1nn[c]([Ga])cc1C1CC1. The van der Waals surface area contributed by atoms with Crippen LogP contribution in [0.15, 0.2) is 6.07 Å². The Morgan fingerprint density at radius 1 is 1.31 bits per heavy atom. The quantitative estimate of drug-likeness (QED) is 0.686. The van der Waals surface area contributed by atoms with Gasteiger partial charge in [-0.25, -0.2) is 0 Å². The molecule has 0 aromatic carbocycles. The summed E-state index contributed by atoms with van der Waals surface area (Å²) in [5.74, 6) is 0.806. The Bertz CT molecular complexity index is 282. The van der Waals surface area contributed by atoms with Gasteiger partial charge in [-0.05, 0) is 0 Å². The van der Waals surface area contributed by atoms with Gasteiger partial charge in [0, 0.05) is 0 Å². The third-order valence-corrected chi connectivity index (χ3v) is 2.65. The second kappa shape index (κ2) is 4.82. The summed E-state index contributed by atoms with van der Waals surface area (Å²) < 4.78 is 1.10. The maximum atomic E-state index is 4.11. The zero-order valence-electron chi connectivity index (χ0n) is 8.54. The Morgan fingerprint density at radius 2 is 1.92 bits per heavy atom. The van der Waals surface area contributed by atoms with Crippen LogP contribution in [-0.4, -0.2) is 28.8 Å². The van der Waals surface area contributed by atoms with Crippen molar-refractivity contribution in [3.05, 3.63) is 17.3 Å². The van der Waals surface area contributed by atoms with Gasteiger partial charge in [-0.15, -0.1) is 0 Å². The van der Waals surface area contributed by atoms with Gasteiger partial charge in [0.1, 0.15) is 0 Å². The molecule has 0 atom stereocenters. The molecule has 1 aromatic heterocycles. The van der Waals surface area contributed by atoms with Gasteiger partial charge < -0.3 is 0 Å². The summed E-state index contributed by atoms with van der Waals surface area (Å²) in [6.07, 6.45) is 2.69. The first-order chi connectivity index (χ1) is 6.27. The molecule has 1 aliphatic carbocycles. The second-order valence-corrected chi connectivity index (χ2v) is 4.33. The summed E-state index contributed by atoms with van der Waals surface area (Å²) in [6.45, 7) is 6.05. The van der Waals surface area contributed by atoms with E-state index in [0.29, 0.717) is 0 Å². The fourth-order valence-corrected chi connectivity index (χ4v) is 1.79. The molecule has 1 aromatic rings. The monoisotopic (exact) mass is 232 g/mol. The van der Waals surface area contributed by atoms with Crippen molar-refractivity contribution < 1.29 is 0 Å². The Kier molecular flexibility index (Phi) is 4.00. The van der Waals surface area contributed by atoms with Crippen LogP contribution in [0.5, 0.6) is 0 Å². The maximum absolute atomic E-state index is 4.11.